The first-order valence-corrected chi connectivity index (χ1v) is 10.1. The summed E-state index contributed by atoms with van der Waals surface area (Å²) in [4.78, 5) is 0. The lowest BCUT2D eigenvalue weighted by Crippen LogP contribution is -2.43. The fourth-order valence-corrected chi connectivity index (χ4v) is 7.93. The molecular formula is C12H24ClO2PS. The van der Waals surface area contributed by atoms with Gasteiger partial charge >= 0.3 is 0 Å². The number of rotatable bonds is 3. The lowest BCUT2D eigenvalue weighted by atomic mass is 10.2. The summed E-state index contributed by atoms with van der Waals surface area (Å²) in [5, 5.41) is -2.14. The monoisotopic (exact) mass is 298 g/mol. The molecule has 1 fully saturated rings. The smallest absolute Gasteiger partial charge is 0.161 e. The Hall–Kier alpha value is 0.860. The number of halogens is 1. The van der Waals surface area contributed by atoms with E-state index < -0.39 is 5.39 Å². The molecule has 0 aromatic heterocycles. The van der Waals surface area contributed by atoms with Crippen LogP contribution >= 0.6 is 16.6 Å². The van der Waals surface area contributed by atoms with E-state index in [0.29, 0.717) is 17.8 Å². The number of ether oxygens (including phenoxy) is 2. The molecule has 2 unspecified atom stereocenters. The van der Waals surface area contributed by atoms with Gasteiger partial charge in [-0.15, -0.1) is 0 Å². The predicted molar refractivity (Wildman–Crippen MR) is 78.2 cm³/mol. The Labute approximate surface area is 115 Å². The van der Waals surface area contributed by atoms with Crippen molar-refractivity contribution in [3.05, 3.63) is 0 Å². The molecule has 5 heteroatoms. The van der Waals surface area contributed by atoms with Crippen LogP contribution in [0.4, 0.5) is 0 Å². The molecule has 0 amide bonds. The minimum Gasteiger partial charge on any atom is -0.342 e. The summed E-state index contributed by atoms with van der Waals surface area (Å²) in [6.45, 7) is 12.7. The minimum absolute atomic E-state index is 0.0345. The molecule has 17 heavy (non-hydrogen) atoms. The van der Waals surface area contributed by atoms with Crippen molar-refractivity contribution in [2.75, 3.05) is 0 Å². The van der Waals surface area contributed by atoms with Crippen molar-refractivity contribution in [2.45, 2.75) is 59.5 Å². The lowest BCUT2D eigenvalue weighted by molar-refractivity contribution is -0.211. The van der Waals surface area contributed by atoms with E-state index in [9.17, 15) is 0 Å². The first-order chi connectivity index (χ1) is 7.67. The SMILES string of the molecule is CC(C)C1OC(C(C)C)P(=S)(Cl)C(C(C)C)O1. The average Bonchev–Trinajstić information content (AvgIpc) is 2.14. The molecule has 2 nitrogen and oxygen atoms in total. The molecule has 0 spiro atoms. The molecule has 0 radical (unpaired) electrons. The van der Waals surface area contributed by atoms with E-state index in [-0.39, 0.29) is 18.0 Å². The van der Waals surface area contributed by atoms with Gasteiger partial charge in [0.05, 0.1) is 5.39 Å². The van der Waals surface area contributed by atoms with Gasteiger partial charge in [-0.1, -0.05) is 64.6 Å². The van der Waals surface area contributed by atoms with Crippen molar-refractivity contribution >= 4 is 28.4 Å². The van der Waals surface area contributed by atoms with Crippen LogP contribution < -0.4 is 0 Å². The first kappa shape index (κ1) is 15.9. The number of hydrogen-bond acceptors (Lipinski definition) is 3. The Morgan fingerprint density at radius 3 is 1.47 bits per heavy atom. The van der Waals surface area contributed by atoms with Crippen LogP contribution in [0.15, 0.2) is 0 Å². The summed E-state index contributed by atoms with van der Waals surface area (Å²) in [5.74, 6) is 0.930. The molecule has 1 rings (SSSR count). The third-order valence-corrected chi connectivity index (χ3v) is 8.15. The molecule has 1 heterocycles. The van der Waals surface area contributed by atoms with Crippen molar-refractivity contribution < 1.29 is 9.47 Å². The second kappa shape index (κ2) is 5.88. The molecule has 2 atom stereocenters. The van der Waals surface area contributed by atoms with E-state index in [1.165, 1.54) is 0 Å². The highest BCUT2D eigenvalue weighted by Gasteiger charge is 2.46. The van der Waals surface area contributed by atoms with Gasteiger partial charge < -0.3 is 9.47 Å². The van der Waals surface area contributed by atoms with Gasteiger partial charge in [-0.25, -0.2) is 0 Å². The maximum absolute atomic E-state index is 6.64. The lowest BCUT2D eigenvalue weighted by Gasteiger charge is -2.45. The zero-order valence-corrected chi connectivity index (χ0v) is 14.0. The van der Waals surface area contributed by atoms with Crippen molar-refractivity contribution in [2.24, 2.45) is 17.8 Å². The topological polar surface area (TPSA) is 18.5 Å². The highest BCUT2D eigenvalue weighted by molar-refractivity contribution is 8.27. The normalized spacial score (nSPS) is 39.3. The Bertz CT molecular complexity index is 285. The Morgan fingerprint density at radius 2 is 1.24 bits per heavy atom. The van der Waals surface area contributed by atoms with Crippen LogP contribution in [0.5, 0.6) is 0 Å². The van der Waals surface area contributed by atoms with Gasteiger partial charge in [-0.3, -0.25) is 0 Å². The van der Waals surface area contributed by atoms with Crippen LogP contribution in [0, 0.1) is 17.8 Å². The van der Waals surface area contributed by atoms with E-state index in [4.69, 9.17) is 32.5 Å². The van der Waals surface area contributed by atoms with Crippen LogP contribution in [0.2, 0.25) is 0 Å². The van der Waals surface area contributed by atoms with Crippen LogP contribution in [0.25, 0.3) is 0 Å². The zero-order valence-electron chi connectivity index (χ0n) is 11.5. The third-order valence-electron chi connectivity index (χ3n) is 2.93. The summed E-state index contributed by atoms with van der Waals surface area (Å²) in [6, 6.07) is 0. The van der Waals surface area contributed by atoms with E-state index in [1.807, 2.05) is 0 Å². The van der Waals surface area contributed by atoms with E-state index >= 15 is 0 Å². The molecule has 0 aromatic carbocycles. The van der Waals surface area contributed by atoms with Gasteiger partial charge in [-0.05, 0) is 11.8 Å². The molecule has 1 aliphatic heterocycles. The van der Waals surface area contributed by atoms with E-state index in [0.717, 1.165) is 0 Å². The van der Waals surface area contributed by atoms with Gasteiger partial charge in [0.25, 0.3) is 0 Å². The van der Waals surface area contributed by atoms with Crippen molar-refractivity contribution in [3.8, 4) is 0 Å². The summed E-state index contributed by atoms with van der Waals surface area (Å²) >= 11 is 12.3. The highest BCUT2D eigenvalue weighted by atomic mass is 35.7. The fraction of sp³-hybridized carbons (Fsp3) is 1.00. The van der Waals surface area contributed by atoms with Crippen LogP contribution in [-0.4, -0.2) is 18.0 Å². The molecule has 0 aromatic rings. The van der Waals surface area contributed by atoms with E-state index in [2.05, 4.69) is 41.5 Å². The van der Waals surface area contributed by atoms with Gasteiger partial charge in [0.1, 0.15) is 11.7 Å². The molecule has 1 aliphatic rings. The fourth-order valence-electron chi connectivity index (χ4n) is 2.06. The van der Waals surface area contributed by atoms with Crippen LogP contribution in [0.3, 0.4) is 0 Å². The van der Waals surface area contributed by atoms with E-state index in [1.54, 1.807) is 0 Å². The van der Waals surface area contributed by atoms with Crippen molar-refractivity contribution in [3.63, 3.8) is 0 Å². The minimum atomic E-state index is -2.14. The molecule has 0 N–H and O–H groups in total. The van der Waals surface area contributed by atoms with Crippen molar-refractivity contribution in [1.29, 1.82) is 0 Å². The third kappa shape index (κ3) is 3.45. The molecular weight excluding hydrogens is 275 g/mol. The summed E-state index contributed by atoms with van der Waals surface area (Å²) in [7, 11) is 0. The Balaban J connectivity index is 3.01. The van der Waals surface area contributed by atoms with Gasteiger partial charge in [0.15, 0.2) is 6.29 Å². The molecule has 0 saturated carbocycles. The summed E-state index contributed by atoms with van der Waals surface area (Å²) < 4.78 is 12.0. The number of hydrogen-bond donors (Lipinski definition) is 0. The van der Waals surface area contributed by atoms with Gasteiger partial charge in [0, 0.05) is 5.92 Å². The van der Waals surface area contributed by atoms with Crippen LogP contribution in [-0.2, 0) is 21.3 Å². The average molecular weight is 299 g/mol. The maximum Gasteiger partial charge on any atom is 0.161 e. The Kier molecular flexibility index (Phi) is 5.50. The quantitative estimate of drug-likeness (QED) is 0.709. The molecule has 102 valence electrons. The molecule has 0 aliphatic carbocycles. The predicted octanol–water partition coefficient (Wildman–Crippen LogP) is 4.61. The standard InChI is InChI=1S/C12H24ClO2PS/c1-7(2)10-14-11(8(3)4)16(13,17)12(15-10)9(5)6/h7-12H,1-6H3. The highest BCUT2D eigenvalue weighted by Crippen LogP contribution is 2.67. The van der Waals surface area contributed by atoms with Gasteiger partial charge in [-0.2, -0.15) is 0 Å². The first-order valence-electron chi connectivity index (χ1n) is 6.27. The molecule has 1 saturated heterocycles. The second-order valence-corrected chi connectivity index (χ2v) is 12.1. The van der Waals surface area contributed by atoms with Crippen molar-refractivity contribution in [1.82, 2.24) is 0 Å². The largest absolute Gasteiger partial charge is 0.342 e. The summed E-state index contributed by atoms with van der Waals surface area (Å²) in [6.07, 6.45) is -0.176. The Morgan fingerprint density at radius 1 is 0.882 bits per heavy atom. The zero-order chi connectivity index (χ0) is 13.4. The maximum atomic E-state index is 6.64. The van der Waals surface area contributed by atoms with Gasteiger partial charge in [0.2, 0.25) is 0 Å². The molecule has 0 bridgehead atoms. The summed E-state index contributed by atoms with van der Waals surface area (Å²) in [5.41, 5.74) is 0. The van der Waals surface area contributed by atoms with Crippen LogP contribution in [0.1, 0.15) is 41.5 Å². The second-order valence-electron chi connectivity index (χ2n) is 5.78.